The molecule has 0 saturated carbocycles. The number of hydrogen-bond donors (Lipinski definition) is 1. The molecule has 1 aliphatic heterocycles. The maximum atomic E-state index is 11.9. The van der Waals surface area contributed by atoms with Crippen molar-refractivity contribution in [1.82, 2.24) is 4.90 Å². The summed E-state index contributed by atoms with van der Waals surface area (Å²) in [7, 11) is 0. The summed E-state index contributed by atoms with van der Waals surface area (Å²) in [5.41, 5.74) is 5.96. The van der Waals surface area contributed by atoms with Crippen LogP contribution in [0.2, 0.25) is 5.02 Å². The fourth-order valence-corrected chi connectivity index (χ4v) is 4.21. The molecule has 0 unspecified atom stereocenters. The lowest BCUT2D eigenvalue weighted by Crippen LogP contribution is -2.48. The number of benzene rings is 1. The van der Waals surface area contributed by atoms with Gasteiger partial charge < -0.3 is 10.6 Å². The van der Waals surface area contributed by atoms with Crippen LogP contribution in [0.1, 0.15) is 18.4 Å². The molecule has 2 atom stereocenters. The standard InChI is InChI=1S/C20H16ClN5O/c1-12(27)26-6-5-15-16(8-22)19(25)20(10-23,11-24)18(17(15)9-26)13-3-2-4-14(21)7-13/h2-5,7,17-18H,6,9,25H2,1H3/t17-,18+/m1/s1. The topological polar surface area (TPSA) is 118 Å². The molecule has 0 aromatic heterocycles. The van der Waals surface area contributed by atoms with E-state index in [0.717, 1.165) is 0 Å². The maximum absolute atomic E-state index is 11.9. The molecule has 0 radical (unpaired) electrons. The van der Waals surface area contributed by atoms with Gasteiger partial charge in [0, 0.05) is 36.9 Å². The van der Waals surface area contributed by atoms with Crippen LogP contribution >= 0.6 is 11.6 Å². The second-order valence-electron chi connectivity index (χ2n) is 6.65. The molecule has 2 N–H and O–H groups in total. The van der Waals surface area contributed by atoms with Crippen molar-refractivity contribution < 1.29 is 4.79 Å². The minimum absolute atomic E-state index is 0.0428. The quantitative estimate of drug-likeness (QED) is 0.806. The average Bonchev–Trinajstić information content (AvgIpc) is 2.66. The van der Waals surface area contributed by atoms with E-state index in [0.29, 0.717) is 29.2 Å². The Morgan fingerprint density at radius 1 is 1.33 bits per heavy atom. The van der Waals surface area contributed by atoms with Gasteiger partial charge in [0.15, 0.2) is 5.41 Å². The van der Waals surface area contributed by atoms with Crippen molar-refractivity contribution in [3.8, 4) is 18.2 Å². The number of nitriles is 3. The van der Waals surface area contributed by atoms with Crippen LogP contribution < -0.4 is 5.73 Å². The van der Waals surface area contributed by atoms with Gasteiger partial charge in [-0.1, -0.05) is 29.8 Å². The Morgan fingerprint density at radius 3 is 2.59 bits per heavy atom. The first-order chi connectivity index (χ1) is 12.9. The Bertz CT molecular complexity index is 990. The van der Waals surface area contributed by atoms with Gasteiger partial charge in [-0.25, -0.2) is 0 Å². The highest BCUT2D eigenvalue weighted by atomic mass is 35.5. The van der Waals surface area contributed by atoms with E-state index in [2.05, 4.69) is 18.2 Å². The van der Waals surface area contributed by atoms with Crippen LogP contribution in [-0.4, -0.2) is 23.9 Å². The number of carbonyl (C=O) groups excluding carboxylic acids is 1. The van der Waals surface area contributed by atoms with Gasteiger partial charge in [-0.05, 0) is 23.3 Å². The summed E-state index contributed by atoms with van der Waals surface area (Å²) >= 11 is 6.15. The number of rotatable bonds is 1. The van der Waals surface area contributed by atoms with Crippen molar-refractivity contribution >= 4 is 17.5 Å². The van der Waals surface area contributed by atoms with Crippen LogP contribution in [0, 0.1) is 45.3 Å². The van der Waals surface area contributed by atoms with E-state index in [9.17, 15) is 20.6 Å². The van der Waals surface area contributed by atoms with Gasteiger partial charge in [0.2, 0.25) is 5.91 Å². The second-order valence-corrected chi connectivity index (χ2v) is 7.09. The minimum Gasteiger partial charge on any atom is -0.399 e. The van der Waals surface area contributed by atoms with Crippen LogP contribution in [-0.2, 0) is 4.79 Å². The zero-order valence-electron chi connectivity index (χ0n) is 14.6. The summed E-state index contributed by atoms with van der Waals surface area (Å²) in [5.74, 6) is -1.19. The molecule has 1 amide bonds. The van der Waals surface area contributed by atoms with E-state index in [4.69, 9.17) is 17.3 Å². The molecule has 0 spiro atoms. The minimum atomic E-state index is -1.72. The predicted octanol–water partition coefficient (Wildman–Crippen LogP) is 2.61. The lowest BCUT2D eigenvalue weighted by atomic mass is 9.58. The number of hydrogen-bond acceptors (Lipinski definition) is 5. The largest absolute Gasteiger partial charge is 0.399 e. The summed E-state index contributed by atoms with van der Waals surface area (Å²) in [6.45, 7) is 2.11. The zero-order valence-corrected chi connectivity index (χ0v) is 15.4. The normalized spacial score (nSPS) is 23.4. The van der Waals surface area contributed by atoms with E-state index < -0.39 is 17.3 Å². The van der Waals surface area contributed by atoms with Crippen molar-refractivity contribution in [2.45, 2.75) is 12.8 Å². The third kappa shape index (κ3) is 2.74. The van der Waals surface area contributed by atoms with Crippen LogP contribution in [0.4, 0.5) is 0 Å². The molecule has 1 aromatic carbocycles. The van der Waals surface area contributed by atoms with Gasteiger partial charge in [-0.3, -0.25) is 4.79 Å². The molecule has 1 heterocycles. The number of nitrogens with zero attached hydrogens (tertiary/aromatic N) is 4. The third-order valence-corrected chi connectivity index (χ3v) is 5.55. The van der Waals surface area contributed by atoms with Crippen molar-refractivity contribution in [2.24, 2.45) is 17.1 Å². The zero-order chi connectivity index (χ0) is 19.8. The third-order valence-electron chi connectivity index (χ3n) is 5.32. The van der Waals surface area contributed by atoms with Gasteiger partial charge in [-0.2, -0.15) is 15.8 Å². The Balaban J connectivity index is 2.32. The fraction of sp³-hybridized carbons (Fsp3) is 0.300. The first-order valence-electron chi connectivity index (χ1n) is 8.33. The summed E-state index contributed by atoms with van der Waals surface area (Å²) in [5, 5.41) is 30.0. The SMILES string of the molecule is CC(=O)N1CC=C2C(C#N)=C(N)C(C#N)(C#N)[C@@H](c3cccc(Cl)c3)[C@@H]2C1. The predicted molar refractivity (Wildman–Crippen MR) is 98.5 cm³/mol. The number of halogens is 1. The summed E-state index contributed by atoms with van der Waals surface area (Å²) < 4.78 is 0. The van der Waals surface area contributed by atoms with Crippen LogP contribution in [0.5, 0.6) is 0 Å². The van der Waals surface area contributed by atoms with E-state index in [1.807, 2.05) is 0 Å². The monoisotopic (exact) mass is 377 g/mol. The van der Waals surface area contributed by atoms with Gasteiger partial charge in [0.25, 0.3) is 0 Å². The summed E-state index contributed by atoms with van der Waals surface area (Å²) in [4.78, 5) is 13.6. The smallest absolute Gasteiger partial charge is 0.219 e. The Hall–Kier alpha value is -3.27. The van der Waals surface area contributed by atoms with Crippen LogP contribution in [0.15, 0.2) is 47.2 Å². The summed E-state index contributed by atoms with van der Waals surface area (Å²) in [6, 6.07) is 13.1. The number of amides is 1. The number of fused-ring (bicyclic) bond motifs is 1. The van der Waals surface area contributed by atoms with Gasteiger partial charge >= 0.3 is 0 Å². The molecule has 1 aliphatic carbocycles. The molecule has 2 aliphatic rings. The maximum Gasteiger partial charge on any atom is 0.219 e. The first-order valence-corrected chi connectivity index (χ1v) is 8.71. The molecule has 0 saturated heterocycles. The van der Waals surface area contributed by atoms with Gasteiger partial charge in [0.1, 0.15) is 6.07 Å². The molecule has 1 aromatic rings. The van der Waals surface area contributed by atoms with Crippen LogP contribution in [0.25, 0.3) is 0 Å². The number of nitrogens with two attached hydrogens (primary N) is 1. The van der Waals surface area contributed by atoms with E-state index in [1.165, 1.54) is 6.92 Å². The molecule has 0 fully saturated rings. The van der Waals surface area contributed by atoms with E-state index in [1.54, 1.807) is 35.2 Å². The van der Waals surface area contributed by atoms with Crippen LogP contribution in [0.3, 0.4) is 0 Å². The second kappa shape index (κ2) is 6.80. The Kier molecular flexibility index (Phi) is 4.66. The molecule has 3 rings (SSSR count). The number of carbonyl (C=O) groups is 1. The summed E-state index contributed by atoms with van der Waals surface area (Å²) in [6.07, 6.45) is 1.79. The molecule has 7 heteroatoms. The van der Waals surface area contributed by atoms with Crippen molar-refractivity contribution in [1.29, 1.82) is 15.8 Å². The molecular weight excluding hydrogens is 362 g/mol. The highest BCUT2D eigenvalue weighted by Gasteiger charge is 2.54. The lowest BCUT2D eigenvalue weighted by molar-refractivity contribution is -0.129. The Labute approximate surface area is 162 Å². The number of allylic oxidation sites excluding steroid dienone is 2. The van der Waals surface area contributed by atoms with E-state index in [-0.39, 0.29) is 17.2 Å². The van der Waals surface area contributed by atoms with E-state index >= 15 is 0 Å². The van der Waals surface area contributed by atoms with Gasteiger partial charge in [0.05, 0.1) is 23.4 Å². The van der Waals surface area contributed by atoms with Crippen molar-refractivity contribution in [3.05, 3.63) is 57.8 Å². The molecule has 6 nitrogen and oxygen atoms in total. The first kappa shape index (κ1) is 18.5. The Morgan fingerprint density at radius 2 is 2.04 bits per heavy atom. The fourth-order valence-electron chi connectivity index (χ4n) is 4.01. The molecule has 27 heavy (non-hydrogen) atoms. The lowest BCUT2D eigenvalue weighted by Gasteiger charge is -2.45. The van der Waals surface area contributed by atoms with Crippen molar-refractivity contribution in [2.75, 3.05) is 13.1 Å². The average molecular weight is 378 g/mol. The highest BCUT2D eigenvalue weighted by molar-refractivity contribution is 6.30. The van der Waals surface area contributed by atoms with Gasteiger partial charge in [-0.15, -0.1) is 0 Å². The molecular formula is C20H16ClN5O. The molecule has 0 bridgehead atoms. The highest BCUT2D eigenvalue weighted by Crippen LogP contribution is 2.54. The van der Waals surface area contributed by atoms with Crippen molar-refractivity contribution in [3.63, 3.8) is 0 Å². The molecule has 134 valence electrons.